The monoisotopic (exact) mass is 305 g/mol. The van der Waals surface area contributed by atoms with Crippen LogP contribution in [0.5, 0.6) is 0 Å². The summed E-state index contributed by atoms with van der Waals surface area (Å²) in [7, 11) is 0. The van der Waals surface area contributed by atoms with Crippen LogP contribution < -0.4 is 11.1 Å². The molecular formula is C18H31N3O. The van der Waals surface area contributed by atoms with Gasteiger partial charge in [-0.2, -0.15) is 0 Å². The fraction of sp³-hybridized carbons (Fsp3) is 0.611. The SMILES string of the molecule is CCC(C)C(N)C(=O)NCC(c1ccccc1)N(CC)CC. The molecule has 4 heteroatoms. The number of nitrogens with one attached hydrogen (secondary N) is 1. The van der Waals surface area contributed by atoms with Crippen LogP contribution in [0.1, 0.15) is 45.7 Å². The highest BCUT2D eigenvalue weighted by atomic mass is 16.2. The molecule has 3 atom stereocenters. The molecule has 0 aliphatic heterocycles. The van der Waals surface area contributed by atoms with Gasteiger partial charge in [-0.3, -0.25) is 9.69 Å². The molecule has 0 saturated heterocycles. The minimum absolute atomic E-state index is 0.0533. The van der Waals surface area contributed by atoms with Crippen molar-refractivity contribution in [3.63, 3.8) is 0 Å². The molecule has 1 aromatic rings. The second-order valence-electron chi connectivity index (χ2n) is 5.80. The zero-order chi connectivity index (χ0) is 16.5. The first-order valence-electron chi connectivity index (χ1n) is 8.37. The molecule has 1 rings (SSSR count). The van der Waals surface area contributed by atoms with Crippen molar-refractivity contribution < 1.29 is 4.79 Å². The summed E-state index contributed by atoms with van der Waals surface area (Å²) in [4.78, 5) is 14.6. The number of benzene rings is 1. The van der Waals surface area contributed by atoms with Crippen molar-refractivity contribution in [1.29, 1.82) is 0 Å². The first-order valence-corrected chi connectivity index (χ1v) is 8.37. The molecule has 3 N–H and O–H groups in total. The van der Waals surface area contributed by atoms with E-state index in [1.807, 2.05) is 25.1 Å². The van der Waals surface area contributed by atoms with E-state index in [1.165, 1.54) is 5.56 Å². The van der Waals surface area contributed by atoms with Crippen LogP contribution in [-0.4, -0.2) is 36.5 Å². The van der Waals surface area contributed by atoms with Crippen molar-refractivity contribution in [2.75, 3.05) is 19.6 Å². The predicted molar refractivity (Wildman–Crippen MR) is 92.5 cm³/mol. The topological polar surface area (TPSA) is 58.4 Å². The Labute approximate surface area is 135 Å². The van der Waals surface area contributed by atoms with E-state index < -0.39 is 6.04 Å². The number of hydrogen-bond acceptors (Lipinski definition) is 3. The molecule has 0 fully saturated rings. The van der Waals surface area contributed by atoms with Gasteiger partial charge < -0.3 is 11.1 Å². The largest absolute Gasteiger partial charge is 0.353 e. The molecule has 124 valence electrons. The number of amides is 1. The Morgan fingerprint density at radius 1 is 1.18 bits per heavy atom. The van der Waals surface area contributed by atoms with Crippen molar-refractivity contribution in [1.82, 2.24) is 10.2 Å². The fourth-order valence-corrected chi connectivity index (χ4v) is 2.62. The van der Waals surface area contributed by atoms with Crippen LogP contribution in [0.4, 0.5) is 0 Å². The zero-order valence-corrected chi connectivity index (χ0v) is 14.4. The van der Waals surface area contributed by atoms with Gasteiger partial charge in [0.15, 0.2) is 0 Å². The minimum atomic E-state index is -0.432. The van der Waals surface area contributed by atoms with Gasteiger partial charge in [0.1, 0.15) is 0 Å². The first-order chi connectivity index (χ1) is 10.5. The lowest BCUT2D eigenvalue weighted by Crippen LogP contribution is -2.47. The molecule has 0 heterocycles. The summed E-state index contributed by atoms with van der Waals surface area (Å²) in [5.41, 5.74) is 7.24. The van der Waals surface area contributed by atoms with Crippen molar-refractivity contribution >= 4 is 5.91 Å². The molecule has 1 amide bonds. The summed E-state index contributed by atoms with van der Waals surface area (Å²) in [6.45, 7) is 10.9. The third kappa shape index (κ3) is 5.11. The standard InChI is InChI=1S/C18H31N3O/c1-5-14(4)17(19)18(22)20-13-16(21(6-2)7-3)15-11-9-8-10-12-15/h8-12,14,16-17H,5-7,13,19H2,1-4H3,(H,20,22). The molecule has 1 aromatic carbocycles. The molecule has 22 heavy (non-hydrogen) atoms. The second-order valence-corrected chi connectivity index (χ2v) is 5.80. The van der Waals surface area contributed by atoms with E-state index in [1.54, 1.807) is 0 Å². The molecule has 0 bridgehead atoms. The number of hydrogen-bond donors (Lipinski definition) is 2. The van der Waals surface area contributed by atoms with Gasteiger partial charge in [-0.25, -0.2) is 0 Å². The molecule has 0 aliphatic rings. The molecular weight excluding hydrogens is 274 g/mol. The molecule has 0 spiro atoms. The van der Waals surface area contributed by atoms with Gasteiger partial charge in [0.2, 0.25) is 5.91 Å². The van der Waals surface area contributed by atoms with Gasteiger partial charge in [-0.05, 0) is 24.6 Å². The normalized spacial score (nSPS) is 15.4. The summed E-state index contributed by atoms with van der Waals surface area (Å²) in [6.07, 6.45) is 0.909. The number of carbonyl (C=O) groups excluding carboxylic acids is 1. The van der Waals surface area contributed by atoms with Gasteiger partial charge in [0.05, 0.1) is 12.1 Å². The van der Waals surface area contributed by atoms with E-state index in [-0.39, 0.29) is 17.9 Å². The Kier molecular flexibility index (Phi) is 8.13. The number of nitrogens with two attached hydrogens (primary N) is 1. The average molecular weight is 305 g/mol. The average Bonchev–Trinajstić information content (AvgIpc) is 2.57. The van der Waals surface area contributed by atoms with Gasteiger partial charge in [-0.1, -0.05) is 64.4 Å². The quantitative estimate of drug-likeness (QED) is 0.737. The van der Waals surface area contributed by atoms with Gasteiger partial charge in [-0.15, -0.1) is 0 Å². The smallest absolute Gasteiger partial charge is 0.237 e. The van der Waals surface area contributed by atoms with E-state index in [9.17, 15) is 4.79 Å². The van der Waals surface area contributed by atoms with E-state index >= 15 is 0 Å². The molecule has 0 saturated carbocycles. The number of nitrogens with zero attached hydrogens (tertiary/aromatic N) is 1. The van der Waals surface area contributed by atoms with E-state index in [0.29, 0.717) is 6.54 Å². The van der Waals surface area contributed by atoms with E-state index in [4.69, 9.17) is 5.73 Å². The molecule has 3 unspecified atom stereocenters. The fourth-order valence-electron chi connectivity index (χ4n) is 2.62. The highest BCUT2D eigenvalue weighted by molar-refractivity contribution is 5.81. The van der Waals surface area contributed by atoms with Crippen LogP contribution in [0.2, 0.25) is 0 Å². The number of likely N-dealkylation sites (N-methyl/N-ethyl adjacent to an activating group) is 1. The molecule has 0 radical (unpaired) electrons. The summed E-state index contributed by atoms with van der Waals surface area (Å²) < 4.78 is 0. The second kappa shape index (κ2) is 9.59. The number of rotatable bonds is 9. The predicted octanol–water partition coefficient (Wildman–Crippen LogP) is 2.56. The lowest BCUT2D eigenvalue weighted by Gasteiger charge is -2.31. The maximum atomic E-state index is 12.2. The lowest BCUT2D eigenvalue weighted by molar-refractivity contribution is -0.123. The summed E-state index contributed by atoms with van der Waals surface area (Å²) in [6, 6.07) is 10.1. The highest BCUT2D eigenvalue weighted by Gasteiger charge is 2.22. The van der Waals surface area contributed by atoms with Crippen molar-refractivity contribution in [2.45, 2.75) is 46.2 Å². The van der Waals surface area contributed by atoms with E-state index in [0.717, 1.165) is 19.5 Å². The van der Waals surface area contributed by atoms with Crippen molar-refractivity contribution in [3.8, 4) is 0 Å². The van der Waals surface area contributed by atoms with Crippen LogP contribution in [0, 0.1) is 5.92 Å². The maximum Gasteiger partial charge on any atom is 0.237 e. The zero-order valence-electron chi connectivity index (χ0n) is 14.4. The summed E-state index contributed by atoms with van der Waals surface area (Å²) in [5.74, 6) is 0.145. The van der Waals surface area contributed by atoms with Gasteiger partial charge in [0, 0.05) is 6.54 Å². The third-order valence-electron chi connectivity index (χ3n) is 4.47. The molecule has 4 nitrogen and oxygen atoms in total. The van der Waals surface area contributed by atoms with E-state index in [2.05, 4.69) is 43.1 Å². The van der Waals surface area contributed by atoms with Crippen LogP contribution >= 0.6 is 0 Å². The van der Waals surface area contributed by atoms with Crippen LogP contribution in [0.3, 0.4) is 0 Å². The Morgan fingerprint density at radius 3 is 2.27 bits per heavy atom. The summed E-state index contributed by atoms with van der Waals surface area (Å²) >= 11 is 0. The summed E-state index contributed by atoms with van der Waals surface area (Å²) in [5, 5.41) is 3.04. The first kappa shape index (κ1) is 18.7. The highest BCUT2D eigenvalue weighted by Crippen LogP contribution is 2.19. The Hall–Kier alpha value is -1.39. The van der Waals surface area contributed by atoms with Crippen LogP contribution in [0.15, 0.2) is 30.3 Å². The third-order valence-corrected chi connectivity index (χ3v) is 4.47. The lowest BCUT2D eigenvalue weighted by atomic mass is 9.99. The Balaban J connectivity index is 2.76. The van der Waals surface area contributed by atoms with Crippen molar-refractivity contribution in [2.24, 2.45) is 11.7 Å². The maximum absolute atomic E-state index is 12.2. The Bertz CT molecular complexity index is 431. The minimum Gasteiger partial charge on any atom is -0.353 e. The van der Waals surface area contributed by atoms with Gasteiger partial charge in [0.25, 0.3) is 0 Å². The molecule has 0 aromatic heterocycles. The molecule has 0 aliphatic carbocycles. The number of carbonyl (C=O) groups is 1. The van der Waals surface area contributed by atoms with Crippen molar-refractivity contribution in [3.05, 3.63) is 35.9 Å². The van der Waals surface area contributed by atoms with Crippen LogP contribution in [0.25, 0.3) is 0 Å². The van der Waals surface area contributed by atoms with Crippen LogP contribution in [-0.2, 0) is 4.79 Å². The van der Waals surface area contributed by atoms with Gasteiger partial charge >= 0.3 is 0 Å². The Morgan fingerprint density at radius 2 is 1.77 bits per heavy atom.